The molecule has 0 N–H and O–H groups in total. The second kappa shape index (κ2) is 5.70. The maximum absolute atomic E-state index is 13.8. The molecule has 19 heavy (non-hydrogen) atoms. The molecule has 0 radical (unpaired) electrons. The first kappa shape index (κ1) is 14.6. The van der Waals surface area contributed by atoms with Crippen molar-refractivity contribution in [3.05, 3.63) is 29.6 Å². The van der Waals surface area contributed by atoms with Gasteiger partial charge in [-0.3, -0.25) is 0 Å². The highest BCUT2D eigenvalue weighted by Gasteiger charge is 2.29. The summed E-state index contributed by atoms with van der Waals surface area (Å²) in [5.41, 5.74) is 2.02. The fourth-order valence-electron chi connectivity index (χ4n) is 2.98. The lowest BCUT2D eigenvalue weighted by Gasteiger charge is -2.40. The van der Waals surface area contributed by atoms with Gasteiger partial charge in [-0.25, -0.2) is 4.39 Å². The molecule has 0 unspecified atom stereocenters. The summed E-state index contributed by atoms with van der Waals surface area (Å²) in [4.78, 5) is 2.22. The molecule has 1 aliphatic rings. The van der Waals surface area contributed by atoms with Crippen LogP contribution in [0.25, 0.3) is 0 Å². The van der Waals surface area contributed by atoms with Crippen LogP contribution >= 0.6 is 11.6 Å². The Balaban J connectivity index is 2.16. The molecule has 0 spiro atoms. The van der Waals surface area contributed by atoms with Crippen molar-refractivity contribution >= 4 is 17.3 Å². The van der Waals surface area contributed by atoms with E-state index in [4.69, 9.17) is 11.6 Å². The van der Waals surface area contributed by atoms with Crippen molar-refractivity contribution in [1.29, 1.82) is 0 Å². The van der Waals surface area contributed by atoms with Crippen LogP contribution < -0.4 is 4.90 Å². The van der Waals surface area contributed by atoms with Gasteiger partial charge in [0.15, 0.2) is 0 Å². The Morgan fingerprint density at radius 1 is 1.32 bits per heavy atom. The highest BCUT2D eigenvalue weighted by Crippen LogP contribution is 2.38. The van der Waals surface area contributed by atoms with Crippen LogP contribution in [0.15, 0.2) is 18.2 Å². The third-order valence-corrected chi connectivity index (χ3v) is 4.73. The lowest BCUT2D eigenvalue weighted by atomic mass is 9.75. The van der Waals surface area contributed by atoms with E-state index in [-0.39, 0.29) is 11.7 Å². The molecule has 1 nitrogen and oxygen atoms in total. The molecule has 0 aliphatic heterocycles. The predicted octanol–water partition coefficient (Wildman–Crippen LogP) is 4.97. The summed E-state index contributed by atoms with van der Waals surface area (Å²) in [5, 5.41) is 0. The van der Waals surface area contributed by atoms with E-state index in [1.807, 2.05) is 6.07 Å². The topological polar surface area (TPSA) is 3.24 Å². The Bertz CT molecular complexity index is 434. The summed E-state index contributed by atoms with van der Waals surface area (Å²) in [5.74, 6) is 0.0281. The summed E-state index contributed by atoms with van der Waals surface area (Å²) >= 11 is 5.90. The van der Waals surface area contributed by atoms with Crippen molar-refractivity contribution in [2.45, 2.75) is 51.5 Å². The number of hydrogen-bond acceptors (Lipinski definition) is 1. The number of anilines is 1. The number of halogens is 2. The molecule has 0 aromatic heterocycles. The Kier molecular flexibility index (Phi) is 4.39. The van der Waals surface area contributed by atoms with E-state index >= 15 is 0 Å². The van der Waals surface area contributed by atoms with Gasteiger partial charge in [0.05, 0.1) is 5.88 Å². The molecular weight excluding hydrogens is 261 g/mol. The number of hydrogen-bond donors (Lipinski definition) is 0. The Labute approximate surface area is 120 Å². The molecule has 0 bridgehead atoms. The third-order valence-electron chi connectivity index (χ3n) is 4.46. The van der Waals surface area contributed by atoms with Crippen molar-refractivity contribution < 1.29 is 4.39 Å². The molecule has 0 saturated heterocycles. The van der Waals surface area contributed by atoms with Crippen molar-refractivity contribution in [1.82, 2.24) is 0 Å². The predicted molar refractivity (Wildman–Crippen MR) is 80.4 cm³/mol. The van der Waals surface area contributed by atoms with E-state index in [0.717, 1.165) is 5.69 Å². The van der Waals surface area contributed by atoms with Gasteiger partial charge in [0.1, 0.15) is 5.82 Å². The minimum atomic E-state index is -0.199. The van der Waals surface area contributed by atoms with Gasteiger partial charge in [0, 0.05) is 24.3 Å². The molecule has 0 atom stereocenters. The first-order chi connectivity index (χ1) is 8.94. The second-order valence-electron chi connectivity index (χ2n) is 6.38. The number of alkyl halides is 1. The second-order valence-corrected chi connectivity index (χ2v) is 6.64. The van der Waals surface area contributed by atoms with Crippen LogP contribution in [-0.4, -0.2) is 13.1 Å². The van der Waals surface area contributed by atoms with E-state index in [0.29, 0.717) is 17.0 Å². The Hall–Kier alpha value is -0.760. The summed E-state index contributed by atoms with van der Waals surface area (Å²) < 4.78 is 13.8. The molecule has 1 aromatic rings. The van der Waals surface area contributed by atoms with Crippen LogP contribution in [0.2, 0.25) is 0 Å². The summed E-state index contributed by atoms with van der Waals surface area (Å²) in [6, 6.07) is 5.72. The first-order valence-electron chi connectivity index (χ1n) is 7.01. The molecule has 106 valence electrons. The molecule has 0 heterocycles. The van der Waals surface area contributed by atoms with Crippen LogP contribution in [0.1, 0.15) is 45.1 Å². The summed E-state index contributed by atoms with van der Waals surface area (Å²) in [7, 11) is 2.06. The average Bonchev–Trinajstić information content (AvgIpc) is 2.37. The van der Waals surface area contributed by atoms with Gasteiger partial charge in [-0.2, -0.15) is 0 Å². The highest BCUT2D eigenvalue weighted by atomic mass is 35.5. The van der Waals surface area contributed by atoms with E-state index in [1.165, 1.54) is 31.7 Å². The van der Waals surface area contributed by atoms with Crippen LogP contribution in [0, 0.1) is 11.2 Å². The van der Waals surface area contributed by atoms with Gasteiger partial charge in [0.2, 0.25) is 0 Å². The van der Waals surface area contributed by atoms with E-state index in [9.17, 15) is 4.39 Å². The van der Waals surface area contributed by atoms with Gasteiger partial charge < -0.3 is 4.90 Å². The molecule has 1 aliphatic carbocycles. The molecule has 1 saturated carbocycles. The molecule has 2 rings (SSSR count). The normalized spacial score (nSPS) is 19.4. The fraction of sp³-hybridized carbons (Fsp3) is 0.625. The zero-order valence-electron chi connectivity index (χ0n) is 12.0. The molecule has 1 fully saturated rings. The van der Waals surface area contributed by atoms with Gasteiger partial charge in [-0.15, -0.1) is 11.6 Å². The fourth-order valence-corrected chi connectivity index (χ4v) is 3.24. The van der Waals surface area contributed by atoms with Gasteiger partial charge in [-0.05, 0) is 43.2 Å². The van der Waals surface area contributed by atoms with Crippen molar-refractivity contribution in [2.75, 3.05) is 11.9 Å². The monoisotopic (exact) mass is 283 g/mol. The van der Waals surface area contributed by atoms with E-state index in [2.05, 4.69) is 25.8 Å². The van der Waals surface area contributed by atoms with Crippen LogP contribution in [0.4, 0.5) is 10.1 Å². The maximum Gasteiger partial charge on any atom is 0.129 e. The average molecular weight is 284 g/mol. The van der Waals surface area contributed by atoms with E-state index in [1.54, 1.807) is 6.07 Å². The summed E-state index contributed by atoms with van der Waals surface area (Å²) in [6.45, 7) is 4.66. The van der Waals surface area contributed by atoms with Gasteiger partial charge in [0.25, 0.3) is 0 Å². The largest absolute Gasteiger partial charge is 0.371 e. The highest BCUT2D eigenvalue weighted by molar-refractivity contribution is 6.17. The van der Waals surface area contributed by atoms with Crippen LogP contribution in [-0.2, 0) is 5.88 Å². The molecule has 1 aromatic carbocycles. The minimum absolute atomic E-state index is 0.199. The molecule has 0 amide bonds. The molecule has 3 heteroatoms. The van der Waals surface area contributed by atoms with Crippen molar-refractivity contribution in [3.63, 3.8) is 0 Å². The summed E-state index contributed by atoms with van der Waals surface area (Å²) in [6.07, 6.45) is 4.80. The number of nitrogens with zero attached hydrogens (tertiary/aromatic N) is 1. The SMILES string of the molecule is CN(c1cccc(F)c1CCl)C1CCC(C)(C)CC1. The van der Waals surface area contributed by atoms with Crippen molar-refractivity contribution in [3.8, 4) is 0 Å². The minimum Gasteiger partial charge on any atom is -0.371 e. The third kappa shape index (κ3) is 3.22. The van der Waals surface area contributed by atoms with Gasteiger partial charge >= 0.3 is 0 Å². The van der Waals surface area contributed by atoms with Crippen LogP contribution in [0.3, 0.4) is 0 Å². The van der Waals surface area contributed by atoms with Gasteiger partial charge in [-0.1, -0.05) is 19.9 Å². The Morgan fingerprint density at radius 3 is 2.53 bits per heavy atom. The lowest BCUT2D eigenvalue weighted by molar-refractivity contribution is 0.222. The smallest absolute Gasteiger partial charge is 0.129 e. The number of rotatable bonds is 3. The lowest BCUT2D eigenvalue weighted by Crippen LogP contribution is -2.37. The first-order valence-corrected chi connectivity index (χ1v) is 7.54. The zero-order chi connectivity index (χ0) is 14.0. The molecular formula is C16H23ClFN. The van der Waals surface area contributed by atoms with Crippen molar-refractivity contribution in [2.24, 2.45) is 5.41 Å². The quantitative estimate of drug-likeness (QED) is 0.708. The van der Waals surface area contributed by atoms with E-state index < -0.39 is 0 Å². The standard InChI is InChI=1S/C16H23ClFN/c1-16(2)9-7-12(8-10-16)19(3)15-6-4-5-14(18)13(15)11-17/h4-6,12H,7-11H2,1-3H3. The Morgan fingerprint density at radius 2 is 1.95 bits per heavy atom. The maximum atomic E-state index is 13.8. The van der Waals surface area contributed by atoms with Crippen LogP contribution in [0.5, 0.6) is 0 Å². The zero-order valence-corrected chi connectivity index (χ0v) is 12.8. The number of benzene rings is 1.